The van der Waals surface area contributed by atoms with Crippen molar-refractivity contribution in [1.29, 1.82) is 0 Å². The third kappa shape index (κ3) is 3.97. The SMILES string of the molecule is O=C(Nc1cccc(NC(=O)c2cccs2)c1)c1csc(-c2ccco2)n1. The van der Waals surface area contributed by atoms with Crippen molar-refractivity contribution in [2.75, 3.05) is 10.6 Å². The molecule has 0 fully saturated rings. The highest BCUT2D eigenvalue weighted by molar-refractivity contribution is 7.13. The van der Waals surface area contributed by atoms with Gasteiger partial charge in [0.15, 0.2) is 10.8 Å². The van der Waals surface area contributed by atoms with E-state index in [2.05, 4.69) is 15.6 Å². The van der Waals surface area contributed by atoms with Crippen molar-refractivity contribution in [2.24, 2.45) is 0 Å². The molecule has 0 bridgehead atoms. The molecule has 0 spiro atoms. The number of anilines is 2. The Kier molecular flexibility index (Phi) is 4.82. The number of carbonyl (C=O) groups excluding carboxylic acids is 2. The minimum Gasteiger partial charge on any atom is -0.462 e. The second-order valence-electron chi connectivity index (χ2n) is 5.48. The second-order valence-corrected chi connectivity index (χ2v) is 7.29. The van der Waals surface area contributed by atoms with Crippen LogP contribution in [0.4, 0.5) is 11.4 Å². The fraction of sp³-hybridized carbons (Fsp3) is 0. The molecule has 4 aromatic rings. The number of aromatic nitrogens is 1. The van der Waals surface area contributed by atoms with Crippen LogP contribution in [-0.2, 0) is 0 Å². The highest BCUT2D eigenvalue weighted by atomic mass is 32.1. The van der Waals surface area contributed by atoms with E-state index in [4.69, 9.17) is 4.42 Å². The molecule has 0 saturated heterocycles. The molecule has 0 aliphatic rings. The van der Waals surface area contributed by atoms with E-state index in [9.17, 15) is 9.59 Å². The Morgan fingerprint density at radius 1 is 0.926 bits per heavy atom. The van der Waals surface area contributed by atoms with Crippen LogP contribution in [0.2, 0.25) is 0 Å². The molecule has 0 atom stereocenters. The number of rotatable bonds is 5. The first-order valence-corrected chi connectivity index (χ1v) is 9.70. The maximum absolute atomic E-state index is 12.4. The Morgan fingerprint density at radius 2 is 1.74 bits per heavy atom. The number of hydrogen-bond donors (Lipinski definition) is 2. The second kappa shape index (κ2) is 7.56. The zero-order chi connectivity index (χ0) is 18.6. The number of hydrogen-bond acceptors (Lipinski definition) is 6. The van der Waals surface area contributed by atoms with E-state index in [1.54, 1.807) is 54.1 Å². The molecule has 0 unspecified atom stereocenters. The molecule has 3 aromatic heterocycles. The minimum atomic E-state index is -0.328. The van der Waals surface area contributed by atoms with Crippen molar-refractivity contribution in [3.63, 3.8) is 0 Å². The van der Waals surface area contributed by atoms with Crippen molar-refractivity contribution in [3.05, 3.63) is 76.1 Å². The van der Waals surface area contributed by atoms with Gasteiger partial charge in [-0.2, -0.15) is 0 Å². The largest absolute Gasteiger partial charge is 0.462 e. The van der Waals surface area contributed by atoms with Gasteiger partial charge in [-0.15, -0.1) is 22.7 Å². The smallest absolute Gasteiger partial charge is 0.275 e. The van der Waals surface area contributed by atoms with Crippen LogP contribution in [0.3, 0.4) is 0 Å². The van der Waals surface area contributed by atoms with Gasteiger partial charge < -0.3 is 15.1 Å². The highest BCUT2D eigenvalue weighted by Crippen LogP contribution is 2.25. The summed E-state index contributed by atoms with van der Waals surface area (Å²) in [6.07, 6.45) is 1.56. The molecular formula is C19H13N3O3S2. The molecule has 27 heavy (non-hydrogen) atoms. The number of nitrogens with zero attached hydrogens (tertiary/aromatic N) is 1. The van der Waals surface area contributed by atoms with Crippen molar-refractivity contribution >= 4 is 45.9 Å². The van der Waals surface area contributed by atoms with Crippen LogP contribution in [-0.4, -0.2) is 16.8 Å². The van der Waals surface area contributed by atoms with Gasteiger partial charge >= 0.3 is 0 Å². The lowest BCUT2D eigenvalue weighted by Crippen LogP contribution is -2.13. The van der Waals surface area contributed by atoms with Gasteiger partial charge in [-0.25, -0.2) is 4.98 Å². The molecule has 0 saturated carbocycles. The summed E-state index contributed by atoms with van der Waals surface area (Å²) in [7, 11) is 0. The number of thiazole rings is 1. The van der Waals surface area contributed by atoms with Crippen LogP contribution in [0.15, 0.2) is 70.0 Å². The minimum absolute atomic E-state index is 0.184. The Labute approximate surface area is 162 Å². The zero-order valence-electron chi connectivity index (χ0n) is 13.8. The average molecular weight is 395 g/mol. The average Bonchev–Trinajstić information content (AvgIpc) is 3.43. The van der Waals surface area contributed by atoms with E-state index in [-0.39, 0.29) is 11.8 Å². The molecule has 4 rings (SSSR count). The summed E-state index contributed by atoms with van der Waals surface area (Å²) in [5.41, 5.74) is 1.47. The Hall–Kier alpha value is -3.23. The third-order valence-electron chi connectivity index (χ3n) is 3.59. The van der Waals surface area contributed by atoms with Gasteiger partial charge in [0.1, 0.15) is 5.69 Å². The lowest BCUT2D eigenvalue weighted by molar-refractivity contribution is 0.101. The fourth-order valence-electron chi connectivity index (χ4n) is 2.36. The number of furan rings is 1. The first-order chi connectivity index (χ1) is 13.2. The molecule has 3 heterocycles. The number of nitrogens with one attached hydrogen (secondary N) is 2. The van der Waals surface area contributed by atoms with Gasteiger partial charge in [0.2, 0.25) is 0 Å². The topological polar surface area (TPSA) is 84.2 Å². The van der Waals surface area contributed by atoms with Gasteiger partial charge in [-0.3, -0.25) is 9.59 Å². The summed E-state index contributed by atoms with van der Waals surface area (Å²) in [6.45, 7) is 0. The standard InChI is InChI=1S/C19H13N3O3S2/c23-17(14-11-27-19(22-14)15-6-2-8-25-15)20-12-4-1-5-13(10-12)21-18(24)16-7-3-9-26-16/h1-11H,(H,20,23)(H,21,24). The lowest BCUT2D eigenvalue weighted by atomic mass is 10.2. The van der Waals surface area contributed by atoms with Crippen molar-refractivity contribution < 1.29 is 14.0 Å². The molecular weight excluding hydrogens is 382 g/mol. The summed E-state index contributed by atoms with van der Waals surface area (Å²) in [5.74, 6) is 0.110. The third-order valence-corrected chi connectivity index (χ3v) is 5.32. The Morgan fingerprint density at radius 3 is 2.44 bits per heavy atom. The first-order valence-electron chi connectivity index (χ1n) is 7.95. The van der Waals surface area contributed by atoms with E-state index >= 15 is 0 Å². The number of benzene rings is 1. The van der Waals surface area contributed by atoms with Crippen LogP contribution in [0, 0.1) is 0 Å². The van der Waals surface area contributed by atoms with Gasteiger partial charge in [0.05, 0.1) is 11.1 Å². The van der Waals surface area contributed by atoms with Crippen molar-refractivity contribution in [2.45, 2.75) is 0 Å². The monoisotopic (exact) mass is 395 g/mol. The Balaban J connectivity index is 1.45. The first kappa shape index (κ1) is 17.2. The van der Waals surface area contributed by atoms with Crippen molar-refractivity contribution in [3.8, 4) is 10.8 Å². The molecule has 8 heteroatoms. The van der Waals surface area contributed by atoms with E-state index in [0.717, 1.165) is 0 Å². The van der Waals surface area contributed by atoms with E-state index in [1.807, 2.05) is 11.4 Å². The zero-order valence-corrected chi connectivity index (χ0v) is 15.5. The highest BCUT2D eigenvalue weighted by Gasteiger charge is 2.14. The molecule has 1 aromatic carbocycles. The van der Waals surface area contributed by atoms with Crippen LogP contribution in [0.25, 0.3) is 10.8 Å². The summed E-state index contributed by atoms with van der Waals surface area (Å²) >= 11 is 2.70. The molecule has 134 valence electrons. The van der Waals surface area contributed by atoms with Gasteiger partial charge in [0.25, 0.3) is 11.8 Å². The normalized spacial score (nSPS) is 10.5. The number of carbonyl (C=O) groups is 2. The number of thiophene rings is 1. The van der Waals surface area contributed by atoms with Gasteiger partial charge in [-0.1, -0.05) is 12.1 Å². The summed E-state index contributed by atoms with van der Waals surface area (Å²) in [5, 5.41) is 9.77. The molecule has 0 aliphatic heterocycles. The quantitative estimate of drug-likeness (QED) is 0.500. The maximum atomic E-state index is 12.4. The van der Waals surface area contributed by atoms with Crippen LogP contribution >= 0.6 is 22.7 Å². The summed E-state index contributed by atoms with van der Waals surface area (Å²) < 4.78 is 5.29. The molecule has 0 radical (unpaired) electrons. The van der Waals surface area contributed by atoms with E-state index in [1.165, 1.54) is 22.7 Å². The lowest BCUT2D eigenvalue weighted by Gasteiger charge is -2.07. The molecule has 2 N–H and O–H groups in total. The van der Waals surface area contributed by atoms with E-state index < -0.39 is 0 Å². The Bertz CT molecular complexity index is 1070. The molecule has 2 amide bonds. The van der Waals surface area contributed by atoms with Crippen LogP contribution in [0.1, 0.15) is 20.2 Å². The predicted molar refractivity (Wildman–Crippen MR) is 106 cm³/mol. The van der Waals surface area contributed by atoms with Crippen LogP contribution in [0.5, 0.6) is 0 Å². The summed E-state index contributed by atoms with van der Waals surface area (Å²) in [6, 6.07) is 14.1. The summed E-state index contributed by atoms with van der Waals surface area (Å²) in [4.78, 5) is 29.5. The van der Waals surface area contributed by atoms with Crippen LogP contribution < -0.4 is 10.6 Å². The van der Waals surface area contributed by atoms with Crippen molar-refractivity contribution in [1.82, 2.24) is 4.98 Å². The van der Waals surface area contributed by atoms with Gasteiger partial charge in [0, 0.05) is 16.8 Å². The maximum Gasteiger partial charge on any atom is 0.275 e. The van der Waals surface area contributed by atoms with Gasteiger partial charge in [-0.05, 0) is 41.8 Å². The molecule has 0 aliphatic carbocycles. The number of amides is 2. The predicted octanol–water partition coefficient (Wildman–Crippen LogP) is 4.97. The molecule has 6 nitrogen and oxygen atoms in total. The fourth-order valence-corrected chi connectivity index (χ4v) is 3.75. The van der Waals surface area contributed by atoms with E-state index in [0.29, 0.717) is 32.7 Å².